The van der Waals surface area contributed by atoms with Gasteiger partial charge in [-0.3, -0.25) is 4.98 Å². The Kier molecular flexibility index (Phi) is 5.55. The van der Waals surface area contributed by atoms with Crippen molar-refractivity contribution < 1.29 is 36.2 Å². The number of halogens is 6. The van der Waals surface area contributed by atoms with Crippen molar-refractivity contribution >= 4 is 28.5 Å². The van der Waals surface area contributed by atoms with Gasteiger partial charge in [-0.05, 0) is 36.4 Å². The van der Waals surface area contributed by atoms with E-state index >= 15 is 0 Å². The molecular weight excluding hydrogens is 468 g/mol. The van der Waals surface area contributed by atoms with E-state index in [9.17, 15) is 31.1 Å². The van der Waals surface area contributed by atoms with E-state index < -0.39 is 40.7 Å². The predicted octanol–water partition coefficient (Wildman–Crippen LogP) is 5.57. The second-order valence-electron chi connectivity index (χ2n) is 6.90. The molecule has 0 amide bonds. The number of pyridine rings is 4. The van der Waals surface area contributed by atoms with Crippen molar-refractivity contribution in [1.29, 1.82) is 0 Å². The van der Waals surface area contributed by atoms with Crippen LogP contribution in [0.25, 0.3) is 22.4 Å². The number of nitrogens with zero attached hydrogens (tertiary/aromatic N) is 4. The van der Waals surface area contributed by atoms with E-state index in [2.05, 4.69) is 25.3 Å². The van der Waals surface area contributed by atoms with Crippen LogP contribution in [0.4, 0.5) is 37.8 Å². The molecule has 0 saturated carbocycles. The van der Waals surface area contributed by atoms with Gasteiger partial charge in [-0.2, -0.15) is 26.3 Å². The lowest BCUT2D eigenvalue weighted by Crippen LogP contribution is -2.11. The molecule has 174 valence electrons. The van der Waals surface area contributed by atoms with Crippen LogP contribution in [-0.2, 0) is 12.4 Å². The van der Waals surface area contributed by atoms with Crippen molar-refractivity contribution in [1.82, 2.24) is 19.9 Å². The van der Waals surface area contributed by atoms with Crippen molar-refractivity contribution in [3.05, 3.63) is 71.7 Å². The molecule has 0 radical (unpaired) electrons. The Balaban J connectivity index is 1.73. The van der Waals surface area contributed by atoms with Gasteiger partial charge >= 0.3 is 18.3 Å². The van der Waals surface area contributed by atoms with E-state index in [1.807, 2.05) is 0 Å². The van der Waals surface area contributed by atoms with E-state index in [0.29, 0.717) is 23.3 Å². The maximum absolute atomic E-state index is 13.5. The second-order valence-corrected chi connectivity index (χ2v) is 6.90. The lowest BCUT2D eigenvalue weighted by molar-refractivity contribution is -0.138. The van der Waals surface area contributed by atoms with Gasteiger partial charge in [0.05, 0.1) is 28.1 Å². The van der Waals surface area contributed by atoms with Crippen molar-refractivity contribution in [2.75, 3.05) is 5.32 Å². The van der Waals surface area contributed by atoms with Gasteiger partial charge in [0, 0.05) is 24.0 Å². The molecule has 4 heterocycles. The summed E-state index contributed by atoms with van der Waals surface area (Å²) in [6, 6.07) is 6.58. The summed E-state index contributed by atoms with van der Waals surface area (Å²) in [4.78, 5) is 26.6. The third-order valence-corrected chi connectivity index (χ3v) is 4.64. The van der Waals surface area contributed by atoms with Crippen LogP contribution in [0, 0.1) is 0 Å². The van der Waals surface area contributed by atoms with Gasteiger partial charge < -0.3 is 10.4 Å². The molecule has 0 aromatic carbocycles. The van der Waals surface area contributed by atoms with Gasteiger partial charge in [-0.25, -0.2) is 19.7 Å². The number of aromatic carboxylic acids is 1. The van der Waals surface area contributed by atoms with Crippen LogP contribution in [0.1, 0.15) is 21.5 Å². The zero-order valence-electron chi connectivity index (χ0n) is 16.6. The smallest absolute Gasteiger partial charge is 0.418 e. The molecule has 4 aromatic rings. The highest BCUT2D eigenvalue weighted by molar-refractivity contribution is 5.92. The summed E-state index contributed by atoms with van der Waals surface area (Å²) in [5, 5.41) is 12.2. The fourth-order valence-corrected chi connectivity index (χ4v) is 3.05. The Morgan fingerprint density at radius 2 is 1.65 bits per heavy atom. The third kappa shape index (κ3) is 4.58. The first-order chi connectivity index (χ1) is 15.9. The van der Waals surface area contributed by atoms with E-state index in [1.165, 1.54) is 24.4 Å². The van der Waals surface area contributed by atoms with Crippen LogP contribution in [-0.4, -0.2) is 31.0 Å². The lowest BCUT2D eigenvalue weighted by atomic mass is 10.1. The van der Waals surface area contributed by atoms with Crippen LogP contribution in [0.5, 0.6) is 0 Å². The number of alkyl halides is 6. The monoisotopic (exact) mass is 479 g/mol. The fourth-order valence-electron chi connectivity index (χ4n) is 3.05. The minimum absolute atomic E-state index is 0.0200. The number of rotatable bonds is 4. The van der Waals surface area contributed by atoms with E-state index in [4.69, 9.17) is 5.11 Å². The zero-order valence-corrected chi connectivity index (χ0v) is 16.6. The summed E-state index contributed by atoms with van der Waals surface area (Å²) >= 11 is 0. The molecule has 0 saturated heterocycles. The first-order valence-corrected chi connectivity index (χ1v) is 9.30. The quantitative estimate of drug-likeness (QED) is 0.369. The molecule has 0 atom stereocenters. The average molecular weight is 479 g/mol. The number of aromatic nitrogens is 4. The summed E-state index contributed by atoms with van der Waals surface area (Å²) in [5.41, 5.74) is -3.25. The van der Waals surface area contributed by atoms with Crippen molar-refractivity contribution in [2.24, 2.45) is 0 Å². The molecule has 4 rings (SSSR count). The topological polar surface area (TPSA) is 101 Å². The summed E-state index contributed by atoms with van der Waals surface area (Å²) in [6.45, 7) is 0. The van der Waals surface area contributed by atoms with Crippen LogP contribution in [0.2, 0.25) is 0 Å². The SMILES string of the molecule is O=C(O)c1cnc(-c2ccc3c(Nc4ccc(C(F)(F)F)cn4)ccnc3n2)c(C(F)(F)F)c1. The number of hydrogen-bond acceptors (Lipinski definition) is 6. The molecule has 0 fully saturated rings. The molecule has 13 heteroatoms. The molecule has 0 bridgehead atoms. The maximum atomic E-state index is 13.5. The Hall–Kier alpha value is -4.29. The number of fused-ring (bicyclic) bond motifs is 1. The molecule has 2 N–H and O–H groups in total. The second kappa shape index (κ2) is 8.24. The molecule has 0 spiro atoms. The molecule has 4 aromatic heterocycles. The first kappa shape index (κ1) is 22.9. The number of nitrogens with one attached hydrogen (secondary N) is 1. The molecule has 0 aliphatic carbocycles. The Morgan fingerprint density at radius 3 is 2.26 bits per heavy atom. The first-order valence-electron chi connectivity index (χ1n) is 9.30. The summed E-state index contributed by atoms with van der Waals surface area (Å²) in [6.07, 6.45) is -6.68. The van der Waals surface area contributed by atoms with Gasteiger partial charge in [0.1, 0.15) is 11.5 Å². The van der Waals surface area contributed by atoms with E-state index in [-0.39, 0.29) is 17.2 Å². The molecule has 0 unspecified atom stereocenters. The zero-order chi connectivity index (χ0) is 24.7. The minimum Gasteiger partial charge on any atom is -0.478 e. The van der Waals surface area contributed by atoms with Crippen molar-refractivity contribution in [2.45, 2.75) is 12.4 Å². The summed E-state index contributed by atoms with van der Waals surface area (Å²) in [7, 11) is 0. The summed E-state index contributed by atoms with van der Waals surface area (Å²) < 4.78 is 78.8. The molecule has 0 aliphatic heterocycles. The molecular formula is C21H11F6N5O2. The Morgan fingerprint density at radius 1 is 0.882 bits per heavy atom. The average Bonchev–Trinajstić information content (AvgIpc) is 2.77. The van der Waals surface area contributed by atoms with Gasteiger partial charge in [0.15, 0.2) is 5.65 Å². The highest BCUT2D eigenvalue weighted by Gasteiger charge is 2.36. The number of carbonyl (C=O) groups is 1. The predicted molar refractivity (Wildman–Crippen MR) is 107 cm³/mol. The number of anilines is 2. The largest absolute Gasteiger partial charge is 0.478 e. The van der Waals surface area contributed by atoms with Gasteiger partial charge in [0.25, 0.3) is 0 Å². The highest BCUT2D eigenvalue weighted by atomic mass is 19.4. The molecule has 34 heavy (non-hydrogen) atoms. The van der Waals surface area contributed by atoms with Crippen LogP contribution < -0.4 is 5.32 Å². The number of carboxylic acid groups (broad SMARTS) is 1. The van der Waals surface area contributed by atoms with E-state index in [0.717, 1.165) is 18.3 Å². The number of carboxylic acids is 1. The Bertz CT molecular complexity index is 1390. The van der Waals surface area contributed by atoms with Crippen LogP contribution >= 0.6 is 0 Å². The lowest BCUT2D eigenvalue weighted by Gasteiger charge is -2.13. The fraction of sp³-hybridized carbons (Fsp3) is 0.0952. The van der Waals surface area contributed by atoms with Gasteiger partial charge in [0.2, 0.25) is 0 Å². The number of hydrogen-bond donors (Lipinski definition) is 2. The normalized spacial score (nSPS) is 12.1. The minimum atomic E-state index is -4.89. The third-order valence-electron chi connectivity index (χ3n) is 4.64. The van der Waals surface area contributed by atoms with Crippen LogP contribution in [0.15, 0.2) is 55.0 Å². The standard InChI is InChI=1S/C21H11F6N5O2/c22-20(23,24)11-1-4-16(29-9-11)31-14-5-6-28-18-12(14)2-3-15(32-18)17-13(21(25,26)27)7-10(8-30-17)19(33)34/h1-9H,(H,33,34)(H,28,29,31,32). The van der Waals surface area contributed by atoms with E-state index in [1.54, 1.807) is 0 Å². The van der Waals surface area contributed by atoms with Gasteiger partial charge in [-0.1, -0.05) is 0 Å². The van der Waals surface area contributed by atoms with Gasteiger partial charge in [-0.15, -0.1) is 0 Å². The molecule has 0 aliphatic rings. The Labute approximate surface area is 186 Å². The maximum Gasteiger partial charge on any atom is 0.418 e. The van der Waals surface area contributed by atoms with Crippen LogP contribution in [0.3, 0.4) is 0 Å². The van der Waals surface area contributed by atoms with Crippen molar-refractivity contribution in [3.63, 3.8) is 0 Å². The molecule has 7 nitrogen and oxygen atoms in total. The highest BCUT2D eigenvalue weighted by Crippen LogP contribution is 2.37. The summed E-state index contributed by atoms with van der Waals surface area (Å²) in [5.74, 6) is -1.47. The van der Waals surface area contributed by atoms with Crippen molar-refractivity contribution in [3.8, 4) is 11.4 Å².